The van der Waals surface area contributed by atoms with Crippen molar-refractivity contribution < 1.29 is 14.7 Å². The van der Waals surface area contributed by atoms with E-state index in [0.29, 0.717) is 0 Å². The first-order chi connectivity index (χ1) is 6.70. The summed E-state index contributed by atoms with van der Waals surface area (Å²) in [5, 5.41) is 10.7. The van der Waals surface area contributed by atoms with E-state index in [0.717, 1.165) is 0 Å². The highest BCUT2D eigenvalue weighted by molar-refractivity contribution is 5.92. The average molecular weight is 195 g/mol. The molecular weight excluding hydrogens is 186 g/mol. The van der Waals surface area contributed by atoms with Crippen LogP contribution in [0.4, 0.5) is 0 Å². The number of hydrogen-bond acceptors (Lipinski definition) is 4. The minimum Gasteiger partial charge on any atom is -0.481 e. The monoisotopic (exact) mass is 195 g/mol. The Bertz CT molecular complexity index is 326. The van der Waals surface area contributed by atoms with Gasteiger partial charge >= 0.3 is 5.97 Å². The van der Waals surface area contributed by atoms with Crippen LogP contribution in [0.2, 0.25) is 0 Å². The quantitative estimate of drug-likeness (QED) is 0.687. The van der Waals surface area contributed by atoms with Crippen LogP contribution in [0.3, 0.4) is 0 Å². The van der Waals surface area contributed by atoms with Crippen molar-refractivity contribution in [2.45, 2.75) is 6.42 Å². The molecule has 1 aromatic heterocycles. The molecule has 1 aromatic rings. The highest BCUT2D eigenvalue weighted by atomic mass is 16.4. The van der Waals surface area contributed by atoms with E-state index in [1.54, 1.807) is 0 Å². The number of hydrogen-bond donors (Lipinski definition) is 2. The number of amides is 1. The molecule has 0 fully saturated rings. The van der Waals surface area contributed by atoms with Gasteiger partial charge in [0.2, 0.25) is 0 Å². The van der Waals surface area contributed by atoms with Gasteiger partial charge < -0.3 is 10.4 Å². The minimum absolute atomic E-state index is 0.0954. The molecule has 6 heteroatoms. The summed E-state index contributed by atoms with van der Waals surface area (Å²) in [4.78, 5) is 28.7. The van der Waals surface area contributed by atoms with Gasteiger partial charge in [0.1, 0.15) is 12.0 Å². The van der Waals surface area contributed by atoms with Crippen molar-refractivity contribution >= 4 is 11.9 Å². The van der Waals surface area contributed by atoms with Crippen LogP contribution in [0.1, 0.15) is 16.9 Å². The molecule has 1 amide bonds. The minimum atomic E-state index is -0.951. The normalized spacial score (nSPS) is 9.43. The van der Waals surface area contributed by atoms with Crippen LogP contribution in [0.5, 0.6) is 0 Å². The molecule has 0 radical (unpaired) electrons. The molecule has 1 rings (SSSR count). The number of carbonyl (C=O) groups excluding carboxylic acids is 1. The zero-order chi connectivity index (χ0) is 10.4. The van der Waals surface area contributed by atoms with E-state index >= 15 is 0 Å². The number of carbonyl (C=O) groups is 2. The first-order valence-electron chi connectivity index (χ1n) is 3.96. The molecule has 0 bridgehead atoms. The van der Waals surface area contributed by atoms with Gasteiger partial charge in [-0.15, -0.1) is 0 Å². The zero-order valence-electron chi connectivity index (χ0n) is 7.30. The van der Waals surface area contributed by atoms with Gasteiger partial charge in [-0.05, 0) is 6.07 Å². The van der Waals surface area contributed by atoms with Gasteiger partial charge in [-0.25, -0.2) is 9.97 Å². The van der Waals surface area contributed by atoms with Gasteiger partial charge in [0.15, 0.2) is 0 Å². The van der Waals surface area contributed by atoms with E-state index in [1.165, 1.54) is 18.6 Å². The first kappa shape index (κ1) is 10.1. The van der Waals surface area contributed by atoms with Crippen LogP contribution in [0.15, 0.2) is 18.6 Å². The second-order valence-corrected chi connectivity index (χ2v) is 2.49. The van der Waals surface area contributed by atoms with E-state index in [-0.39, 0.29) is 18.7 Å². The fourth-order valence-electron chi connectivity index (χ4n) is 0.799. The lowest BCUT2D eigenvalue weighted by atomic mass is 10.3. The third-order valence-electron chi connectivity index (χ3n) is 1.44. The van der Waals surface area contributed by atoms with Crippen LogP contribution in [0, 0.1) is 0 Å². The summed E-state index contributed by atoms with van der Waals surface area (Å²) in [5.41, 5.74) is 0.227. The second-order valence-electron chi connectivity index (χ2n) is 2.49. The Labute approximate surface area is 80.0 Å². The second kappa shape index (κ2) is 4.90. The predicted octanol–water partition coefficient (Wildman–Crippen LogP) is -0.319. The van der Waals surface area contributed by atoms with Crippen LogP contribution in [-0.2, 0) is 4.79 Å². The van der Waals surface area contributed by atoms with E-state index in [1.807, 2.05) is 0 Å². The number of aromatic nitrogens is 2. The molecule has 0 aliphatic heterocycles. The SMILES string of the molecule is O=C(O)CCNC(=O)c1ccncn1. The maximum atomic E-state index is 11.2. The topological polar surface area (TPSA) is 92.2 Å². The van der Waals surface area contributed by atoms with Crippen molar-refractivity contribution in [2.24, 2.45) is 0 Å². The predicted molar refractivity (Wildman–Crippen MR) is 46.6 cm³/mol. The van der Waals surface area contributed by atoms with Crippen molar-refractivity contribution in [1.82, 2.24) is 15.3 Å². The number of carboxylic acid groups (broad SMARTS) is 1. The molecular formula is C8H9N3O3. The van der Waals surface area contributed by atoms with E-state index in [2.05, 4.69) is 15.3 Å². The van der Waals surface area contributed by atoms with Crippen molar-refractivity contribution in [2.75, 3.05) is 6.54 Å². The van der Waals surface area contributed by atoms with E-state index in [4.69, 9.17) is 5.11 Å². The number of carboxylic acids is 1. The number of rotatable bonds is 4. The molecule has 0 aromatic carbocycles. The number of nitrogens with one attached hydrogen (secondary N) is 1. The van der Waals surface area contributed by atoms with Crippen LogP contribution in [0.25, 0.3) is 0 Å². The molecule has 0 saturated carbocycles. The van der Waals surface area contributed by atoms with E-state index < -0.39 is 11.9 Å². The molecule has 2 N–H and O–H groups in total. The molecule has 0 aliphatic rings. The van der Waals surface area contributed by atoms with Crippen molar-refractivity contribution in [3.63, 3.8) is 0 Å². The molecule has 0 saturated heterocycles. The number of aliphatic carboxylic acids is 1. The largest absolute Gasteiger partial charge is 0.481 e. The number of nitrogens with zero attached hydrogens (tertiary/aromatic N) is 2. The van der Waals surface area contributed by atoms with Gasteiger partial charge in [0.25, 0.3) is 5.91 Å². The molecule has 0 aliphatic carbocycles. The smallest absolute Gasteiger partial charge is 0.305 e. The summed E-state index contributed by atoms with van der Waals surface area (Å²) in [6, 6.07) is 1.45. The molecule has 1 heterocycles. The third kappa shape index (κ3) is 3.18. The Kier molecular flexibility index (Phi) is 3.54. The first-order valence-corrected chi connectivity index (χ1v) is 3.96. The molecule has 6 nitrogen and oxygen atoms in total. The van der Waals surface area contributed by atoms with Crippen molar-refractivity contribution in [3.05, 3.63) is 24.3 Å². The van der Waals surface area contributed by atoms with Crippen LogP contribution in [-0.4, -0.2) is 33.5 Å². The Hall–Kier alpha value is -1.98. The van der Waals surface area contributed by atoms with Crippen molar-refractivity contribution in [1.29, 1.82) is 0 Å². The van der Waals surface area contributed by atoms with Crippen LogP contribution >= 0.6 is 0 Å². The summed E-state index contributed by atoms with van der Waals surface area (Å²) in [6.45, 7) is 0.0954. The molecule has 0 atom stereocenters. The van der Waals surface area contributed by atoms with Crippen molar-refractivity contribution in [3.8, 4) is 0 Å². The summed E-state index contributed by atoms with van der Waals surface area (Å²) in [5.74, 6) is -1.35. The maximum absolute atomic E-state index is 11.2. The lowest BCUT2D eigenvalue weighted by Crippen LogP contribution is -2.26. The average Bonchev–Trinajstić information content (AvgIpc) is 2.18. The Morgan fingerprint density at radius 1 is 1.50 bits per heavy atom. The third-order valence-corrected chi connectivity index (χ3v) is 1.44. The zero-order valence-corrected chi connectivity index (χ0v) is 7.30. The highest BCUT2D eigenvalue weighted by Crippen LogP contribution is 1.90. The lowest BCUT2D eigenvalue weighted by Gasteiger charge is -2.01. The lowest BCUT2D eigenvalue weighted by molar-refractivity contribution is -0.136. The maximum Gasteiger partial charge on any atom is 0.305 e. The van der Waals surface area contributed by atoms with Gasteiger partial charge in [-0.2, -0.15) is 0 Å². The van der Waals surface area contributed by atoms with Gasteiger partial charge in [0.05, 0.1) is 6.42 Å². The van der Waals surface area contributed by atoms with Gasteiger partial charge in [-0.3, -0.25) is 9.59 Å². The Morgan fingerprint density at radius 3 is 2.86 bits per heavy atom. The Balaban J connectivity index is 2.40. The highest BCUT2D eigenvalue weighted by Gasteiger charge is 2.05. The fraction of sp³-hybridized carbons (Fsp3) is 0.250. The summed E-state index contributed by atoms with van der Waals surface area (Å²) < 4.78 is 0. The molecule has 0 unspecified atom stereocenters. The van der Waals surface area contributed by atoms with Crippen LogP contribution < -0.4 is 5.32 Å². The molecule has 0 spiro atoms. The van der Waals surface area contributed by atoms with E-state index in [9.17, 15) is 9.59 Å². The Morgan fingerprint density at radius 2 is 2.29 bits per heavy atom. The standard InChI is InChI=1S/C8H9N3O3/c12-7(13)2-4-10-8(14)6-1-3-9-5-11-6/h1,3,5H,2,4H2,(H,10,14)(H,12,13). The summed E-state index contributed by atoms with van der Waals surface area (Å²) in [6.07, 6.45) is 2.60. The summed E-state index contributed by atoms with van der Waals surface area (Å²) >= 11 is 0. The van der Waals surface area contributed by atoms with Gasteiger partial charge in [0, 0.05) is 12.7 Å². The molecule has 14 heavy (non-hydrogen) atoms. The fourth-order valence-corrected chi connectivity index (χ4v) is 0.799. The van der Waals surface area contributed by atoms with Gasteiger partial charge in [-0.1, -0.05) is 0 Å². The molecule has 74 valence electrons. The summed E-state index contributed by atoms with van der Waals surface area (Å²) in [7, 11) is 0.